The van der Waals surface area contributed by atoms with Gasteiger partial charge in [-0.3, -0.25) is 14.9 Å². The number of hydrogen-bond acceptors (Lipinski definition) is 7. The minimum absolute atomic E-state index is 0.00210. The van der Waals surface area contributed by atoms with Gasteiger partial charge in [-0.15, -0.1) is 0 Å². The Morgan fingerprint density at radius 1 is 1.03 bits per heavy atom. The van der Waals surface area contributed by atoms with Gasteiger partial charge >= 0.3 is 5.97 Å². The van der Waals surface area contributed by atoms with E-state index in [2.05, 4.69) is 4.74 Å². The number of non-ortho nitro benzene ring substituents is 1. The number of esters is 1. The highest BCUT2D eigenvalue weighted by Gasteiger charge is 2.09. The van der Waals surface area contributed by atoms with Crippen LogP contribution >= 0.6 is 0 Å². The first-order valence-corrected chi connectivity index (χ1v) is 8.83. The Hall–Kier alpha value is -4.20. The number of hydrogen-bond donors (Lipinski definition) is 0. The van der Waals surface area contributed by atoms with Gasteiger partial charge in [0.05, 0.1) is 12.0 Å². The molecule has 2 aromatic carbocycles. The Morgan fingerprint density at radius 3 is 2.37 bits per heavy atom. The second-order valence-electron chi connectivity index (χ2n) is 6.09. The molecule has 0 fully saturated rings. The predicted octanol–water partition coefficient (Wildman–Crippen LogP) is 4.30. The summed E-state index contributed by atoms with van der Waals surface area (Å²) in [7, 11) is 1.27. The van der Waals surface area contributed by atoms with E-state index in [1.54, 1.807) is 54.6 Å². The molecule has 0 bridgehead atoms. The molecule has 1 heterocycles. The van der Waals surface area contributed by atoms with Crippen molar-refractivity contribution in [1.82, 2.24) is 0 Å². The third-order valence-electron chi connectivity index (χ3n) is 4.11. The van der Waals surface area contributed by atoms with Gasteiger partial charge in [-0.25, -0.2) is 4.79 Å². The zero-order valence-corrected chi connectivity index (χ0v) is 15.9. The second-order valence-corrected chi connectivity index (χ2v) is 6.09. The number of allylic oxidation sites excluding steroid dienone is 1. The Morgan fingerprint density at radius 2 is 1.73 bits per heavy atom. The number of benzene rings is 2. The monoisotopic (exact) mass is 407 g/mol. The van der Waals surface area contributed by atoms with Crippen LogP contribution in [0.2, 0.25) is 0 Å². The number of carbonyl (C=O) groups is 2. The Kier molecular flexibility index (Phi) is 6.39. The summed E-state index contributed by atoms with van der Waals surface area (Å²) in [6.07, 6.45) is 2.92. The van der Waals surface area contributed by atoms with Crippen LogP contribution in [0.25, 0.3) is 17.4 Å². The summed E-state index contributed by atoms with van der Waals surface area (Å²) in [5.74, 6) is 0.714. The summed E-state index contributed by atoms with van der Waals surface area (Å²) >= 11 is 0. The van der Waals surface area contributed by atoms with Crippen molar-refractivity contribution in [3.63, 3.8) is 0 Å². The minimum atomic E-state index is -0.496. The van der Waals surface area contributed by atoms with Crippen molar-refractivity contribution in [2.75, 3.05) is 13.7 Å². The Balaban J connectivity index is 1.62. The van der Waals surface area contributed by atoms with Crippen LogP contribution in [0.3, 0.4) is 0 Å². The standard InChI is InChI=1S/C22H17NO7/c1-28-22(25)14-29-18-8-4-15(5-9-18)20(24)12-10-19-11-13-21(30-19)16-2-6-17(7-3-16)23(26)27/h2-13H,14H2,1H3/b12-10+. The van der Waals surface area contributed by atoms with Crippen LogP contribution < -0.4 is 4.74 Å². The van der Waals surface area contributed by atoms with Gasteiger partial charge in [-0.1, -0.05) is 0 Å². The van der Waals surface area contributed by atoms with Gasteiger partial charge in [0.25, 0.3) is 5.69 Å². The average molecular weight is 407 g/mol. The van der Waals surface area contributed by atoms with Crippen LogP contribution in [-0.4, -0.2) is 30.4 Å². The highest BCUT2D eigenvalue weighted by Crippen LogP contribution is 2.25. The maximum Gasteiger partial charge on any atom is 0.343 e. The average Bonchev–Trinajstić information content (AvgIpc) is 3.25. The van der Waals surface area contributed by atoms with Gasteiger partial charge < -0.3 is 13.9 Å². The molecule has 8 heteroatoms. The van der Waals surface area contributed by atoms with Crippen LogP contribution in [0.15, 0.2) is 71.2 Å². The summed E-state index contributed by atoms with van der Waals surface area (Å²) in [6.45, 7) is -0.209. The molecule has 1 aromatic heterocycles. The Bertz CT molecular complexity index is 1080. The molecule has 0 radical (unpaired) electrons. The smallest absolute Gasteiger partial charge is 0.343 e. The summed E-state index contributed by atoms with van der Waals surface area (Å²) in [5, 5.41) is 10.7. The summed E-state index contributed by atoms with van der Waals surface area (Å²) in [4.78, 5) is 33.6. The van der Waals surface area contributed by atoms with Gasteiger partial charge in [0.1, 0.15) is 17.3 Å². The van der Waals surface area contributed by atoms with Crippen molar-refractivity contribution in [3.8, 4) is 17.1 Å². The molecule has 30 heavy (non-hydrogen) atoms. The third kappa shape index (κ3) is 5.20. The number of rotatable bonds is 8. The highest BCUT2D eigenvalue weighted by atomic mass is 16.6. The number of furan rings is 1. The predicted molar refractivity (Wildman–Crippen MR) is 108 cm³/mol. The van der Waals surface area contributed by atoms with Crippen molar-refractivity contribution >= 4 is 23.5 Å². The van der Waals surface area contributed by atoms with Crippen LogP contribution in [0, 0.1) is 10.1 Å². The highest BCUT2D eigenvalue weighted by molar-refractivity contribution is 6.06. The van der Waals surface area contributed by atoms with Gasteiger partial charge in [-0.05, 0) is 60.7 Å². The number of nitro groups is 1. The third-order valence-corrected chi connectivity index (χ3v) is 4.11. The molecule has 0 aliphatic heterocycles. The fourth-order valence-electron chi connectivity index (χ4n) is 2.52. The van der Waals surface area contributed by atoms with E-state index in [-0.39, 0.29) is 18.1 Å². The maximum absolute atomic E-state index is 12.3. The number of nitrogens with zero attached hydrogens (tertiary/aromatic N) is 1. The quantitative estimate of drug-likeness (QED) is 0.180. The van der Waals surface area contributed by atoms with Crippen LogP contribution in [0.4, 0.5) is 5.69 Å². The van der Waals surface area contributed by atoms with Crippen molar-refractivity contribution in [3.05, 3.63) is 88.2 Å². The van der Waals surface area contributed by atoms with E-state index in [9.17, 15) is 19.7 Å². The Labute approximate surface area is 171 Å². The molecule has 0 saturated heterocycles. The molecule has 0 amide bonds. The fraction of sp³-hybridized carbons (Fsp3) is 0.0909. The number of methoxy groups -OCH3 is 1. The first-order chi connectivity index (χ1) is 14.5. The van der Waals surface area contributed by atoms with Crippen molar-refractivity contribution < 1.29 is 28.4 Å². The van der Waals surface area contributed by atoms with Gasteiger partial charge in [0.15, 0.2) is 12.4 Å². The molecule has 0 unspecified atom stereocenters. The van der Waals surface area contributed by atoms with Crippen LogP contribution in [0.1, 0.15) is 16.1 Å². The van der Waals surface area contributed by atoms with E-state index in [4.69, 9.17) is 9.15 Å². The van der Waals surface area contributed by atoms with E-state index in [1.165, 1.54) is 25.3 Å². The molecular formula is C22H17NO7. The molecule has 3 aromatic rings. The topological polar surface area (TPSA) is 109 Å². The zero-order chi connectivity index (χ0) is 21.5. The van der Waals surface area contributed by atoms with Crippen molar-refractivity contribution in [2.24, 2.45) is 0 Å². The molecule has 8 nitrogen and oxygen atoms in total. The van der Waals surface area contributed by atoms with E-state index in [1.807, 2.05) is 0 Å². The lowest BCUT2D eigenvalue weighted by Gasteiger charge is -2.04. The van der Waals surface area contributed by atoms with Crippen LogP contribution in [0.5, 0.6) is 5.75 Å². The lowest BCUT2D eigenvalue weighted by atomic mass is 10.1. The molecule has 0 aliphatic carbocycles. The summed E-state index contributed by atoms with van der Waals surface area (Å²) in [6, 6.07) is 15.8. The maximum atomic E-state index is 12.3. The first-order valence-electron chi connectivity index (χ1n) is 8.83. The van der Waals surface area contributed by atoms with Crippen LogP contribution in [-0.2, 0) is 9.53 Å². The molecule has 0 aliphatic rings. The van der Waals surface area contributed by atoms with Gasteiger partial charge in [-0.2, -0.15) is 0 Å². The molecule has 0 spiro atoms. The normalized spacial score (nSPS) is 10.7. The first kappa shape index (κ1) is 20.5. The summed E-state index contributed by atoms with van der Waals surface area (Å²) in [5.41, 5.74) is 1.13. The zero-order valence-electron chi connectivity index (χ0n) is 15.9. The lowest BCUT2D eigenvalue weighted by Crippen LogP contribution is -2.12. The van der Waals surface area contributed by atoms with Gasteiger partial charge in [0.2, 0.25) is 0 Å². The van der Waals surface area contributed by atoms with Crippen molar-refractivity contribution in [2.45, 2.75) is 0 Å². The largest absolute Gasteiger partial charge is 0.482 e. The minimum Gasteiger partial charge on any atom is -0.482 e. The molecule has 3 rings (SSSR count). The molecule has 152 valence electrons. The number of ketones is 1. The van der Waals surface area contributed by atoms with E-state index in [0.717, 1.165) is 0 Å². The molecule has 0 atom stereocenters. The lowest BCUT2D eigenvalue weighted by molar-refractivity contribution is -0.384. The fourth-order valence-corrected chi connectivity index (χ4v) is 2.52. The van der Waals surface area contributed by atoms with Gasteiger partial charge in [0, 0.05) is 23.3 Å². The number of nitro benzene ring substituents is 1. The van der Waals surface area contributed by atoms with E-state index in [0.29, 0.717) is 28.4 Å². The summed E-state index contributed by atoms with van der Waals surface area (Å²) < 4.78 is 15.4. The van der Waals surface area contributed by atoms with E-state index >= 15 is 0 Å². The van der Waals surface area contributed by atoms with Crippen molar-refractivity contribution in [1.29, 1.82) is 0 Å². The SMILES string of the molecule is COC(=O)COc1ccc(C(=O)/C=C/c2ccc(-c3ccc([N+](=O)[O-])cc3)o2)cc1. The molecular weight excluding hydrogens is 390 g/mol. The molecule has 0 saturated carbocycles. The number of carbonyl (C=O) groups excluding carboxylic acids is 2. The van der Waals surface area contributed by atoms with E-state index < -0.39 is 10.9 Å². The second kappa shape index (κ2) is 9.33. The molecule has 0 N–H and O–H groups in total. The number of ether oxygens (including phenoxy) is 2.